The second kappa shape index (κ2) is 7.68. The van der Waals surface area contributed by atoms with Gasteiger partial charge in [0.05, 0.1) is 39.0 Å². The van der Waals surface area contributed by atoms with Crippen molar-refractivity contribution >= 4 is 12.5 Å². The van der Waals surface area contributed by atoms with Gasteiger partial charge in [0.25, 0.3) is 0 Å². The number of carbonyl (C=O) groups is 1. The molecule has 0 heterocycles. The maximum absolute atomic E-state index is 12.2. The Balaban J connectivity index is 5.14. The molecule has 0 aromatic carbocycles. The van der Waals surface area contributed by atoms with Crippen LogP contribution in [-0.4, -0.2) is 38.8 Å². The second-order valence-electron chi connectivity index (χ2n) is 4.47. The monoisotopic (exact) mass is 293 g/mol. The number of halogens is 3. The van der Waals surface area contributed by atoms with Gasteiger partial charge in [-0.25, -0.2) is 0 Å². The maximum atomic E-state index is 12.2. The SMILES string of the molecule is CC(N=C/C(=C\N)[NH+](C)C)/C(C=O)=C(/N)CC(F)(F)F. The van der Waals surface area contributed by atoms with Crippen LogP contribution in [0.2, 0.25) is 0 Å². The molecule has 0 saturated heterocycles. The van der Waals surface area contributed by atoms with Crippen molar-refractivity contribution in [3.05, 3.63) is 23.2 Å². The molecule has 5 nitrogen and oxygen atoms in total. The topological polar surface area (TPSA) is 85.9 Å². The fraction of sp³-hybridized carbons (Fsp3) is 0.500. The van der Waals surface area contributed by atoms with Crippen molar-refractivity contribution in [3.63, 3.8) is 0 Å². The van der Waals surface area contributed by atoms with Crippen LogP contribution in [0.5, 0.6) is 0 Å². The average Bonchev–Trinajstić information content (AvgIpc) is 2.27. The maximum Gasteiger partial charge on any atom is 0.394 e. The van der Waals surface area contributed by atoms with Gasteiger partial charge in [0.2, 0.25) is 0 Å². The second-order valence-corrected chi connectivity index (χ2v) is 4.47. The minimum atomic E-state index is -4.46. The quantitative estimate of drug-likeness (QED) is 0.359. The van der Waals surface area contributed by atoms with E-state index in [2.05, 4.69) is 4.99 Å². The molecule has 0 aromatic rings. The number of rotatable bonds is 6. The summed E-state index contributed by atoms with van der Waals surface area (Å²) in [6.07, 6.45) is -2.76. The van der Waals surface area contributed by atoms with Gasteiger partial charge >= 0.3 is 6.18 Å². The van der Waals surface area contributed by atoms with E-state index in [0.717, 1.165) is 4.90 Å². The Morgan fingerprint density at radius 3 is 2.30 bits per heavy atom. The summed E-state index contributed by atoms with van der Waals surface area (Å²) >= 11 is 0. The Kier molecular flexibility index (Phi) is 6.98. The highest BCUT2D eigenvalue weighted by atomic mass is 19.4. The van der Waals surface area contributed by atoms with E-state index in [1.165, 1.54) is 19.3 Å². The lowest BCUT2D eigenvalue weighted by atomic mass is 10.1. The Hall–Kier alpha value is -1.83. The van der Waals surface area contributed by atoms with Gasteiger partial charge < -0.3 is 16.4 Å². The van der Waals surface area contributed by atoms with Crippen LogP contribution < -0.4 is 16.4 Å². The lowest BCUT2D eigenvalue weighted by Crippen LogP contribution is -3.04. The molecule has 8 heteroatoms. The minimum absolute atomic E-state index is 0.177. The van der Waals surface area contributed by atoms with Crippen LogP contribution in [0.25, 0.3) is 0 Å². The molecule has 0 radical (unpaired) electrons. The van der Waals surface area contributed by atoms with E-state index in [9.17, 15) is 18.0 Å². The third kappa shape index (κ3) is 6.37. The molecular formula is C12H20F3N4O+. The molecular weight excluding hydrogens is 273 g/mol. The van der Waals surface area contributed by atoms with Crippen LogP contribution in [0.3, 0.4) is 0 Å². The molecule has 0 aliphatic heterocycles. The molecule has 1 atom stereocenters. The molecule has 0 amide bonds. The van der Waals surface area contributed by atoms with Crippen molar-refractivity contribution in [3.8, 4) is 0 Å². The predicted molar refractivity (Wildman–Crippen MR) is 71.0 cm³/mol. The van der Waals surface area contributed by atoms with E-state index in [4.69, 9.17) is 11.5 Å². The van der Waals surface area contributed by atoms with Gasteiger partial charge in [-0.15, -0.1) is 0 Å². The molecule has 0 fully saturated rings. The third-order valence-electron chi connectivity index (χ3n) is 2.53. The van der Waals surface area contributed by atoms with Crippen molar-refractivity contribution < 1.29 is 22.9 Å². The summed E-state index contributed by atoms with van der Waals surface area (Å²) in [7, 11) is 3.62. The van der Waals surface area contributed by atoms with Crippen LogP contribution in [0.15, 0.2) is 28.2 Å². The number of hydrogen-bond acceptors (Lipinski definition) is 4. The summed E-state index contributed by atoms with van der Waals surface area (Å²) in [5.74, 6) is 0. The van der Waals surface area contributed by atoms with E-state index in [0.29, 0.717) is 12.0 Å². The zero-order chi connectivity index (χ0) is 15.9. The van der Waals surface area contributed by atoms with Gasteiger partial charge in [-0.3, -0.25) is 9.79 Å². The van der Waals surface area contributed by atoms with E-state index in [-0.39, 0.29) is 5.57 Å². The number of carbonyl (C=O) groups excluding carboxylic acids is 1. The molecule has 0 saturated carbocycles. The van der Waals surface area contributed by atoms with E-state index in [1.807, 2.05) is 14.1 Å². The third-order valence-corrected chi connectivity index (χ3v) is 2.53. The fourth-order valence-electron chi connectivity index (χ4n) is 1.37. The minimum Gasteiger partial charge on any atom is -0.401 e. The number of aldehydes is 1. The van der Waals surface area contributed by atoms with Gasteiger partial charge in [-0.2, -0.15) is 13.2 Å². The number of nitrogens with one attached hydrogen (secondary N) is 1. The highest BCUT2D eigenvalue weighted by Gasteiger charge is 2.29. The largest absolute Gasteiger partial charge is 0.401 e. The number of nitrogens with two attached hydrogens (primary N) is 2. The number of quaternary nitrogens is 1. The molecule has 5 N–H and O–H groups in total. The molecule has 1 unspecified atom stereocenters. The molecule has 0 aromatic heterocycles. The van der Waals surface area contributed by atoms with Crippen LogP contribution in [0, 0.1) is 0 Å². The normalized spacial score (nSPS) is 16.4. The van der Waals surface area contributed by atoms with Gasteiger partial charge in [0, 0.05) is 11.3 Å². The van der Waals surface area contributed by atoms with Crippen LogP contribution in [-0.2, 0) is 4.79 Å². The zero-order valence-corrected chi connectivity index (χ0v) is 11.7. The molecule has 0 bridgehead atoms. The van der Waals surface area contributed by atoms with E-state index >= 15 is 0 Å². The van der Waals surface area contributed by atoms with Crippen molar-refractivity contribution in [1.29, 1.82) is 0 Å². The van der Waals surface area contributed by atoms with Crippen molar-refractivity contribution in [1.82, 2.24) is 0 Å². The molecule has 20 heavy (non-hydrogen) atoms. The summed E-state index contributed by atoms with van der Waals surface area (Å²) in [5.41, 5.74) is 10.6. The predicted octanol–water partition coefficient (Wildman–Crippen LogP) is -0.246. The van der Waals surface area contributed by atoms with E-state index < -0.39 is 24.3 Å². The number of aliphatic imine (C=N–C) groups is 1. The van der Waals surface area contributed by atoms with Crippen LogP contribution in [0.4, 0.5) is 13.2 Å². The fourth-order valence-corrected chi connectivity index (χ4v) is 1.37. The van der Waals surface area contributed by atoms with Gasteiger partial charge in [0.1, 0.15) is 6.29 Å². The first kappa shape index (κ1) is 18.2. The van der Waals surface area contributed by atoms with Crippen LogP contribution >= 0.6 is 0 Å². The number of hydrogen-bond donors (Lipinski definition) is 3. The zero-order valence-electron chi connectivity index (χ0n) is 11.7. The highest BCUT2D eigenvalue weighted by Crippen LogP contribution is 2.24. The van der Waals surface area contributed by atoms with Crippen molar-refractivity contribution in [2.24, 2.45) is 16.5 Å². The smallest absolute Gasteiger partial charge is 0.394 e. The Morgan fingerprint density at radius 2 is 1.95 bits per heavy atom. The lowest BCUT2D eigenvalue weighted by Gasteiger charge is -2.13. The first-order chi connectivity index (χ1) is 9.12. The van der Waals surface area contributed by atoms with E-state index in [1.54, 1.807) is 0 Å². The molecule has 0 spiro atoms. The van der Waals surface area contributed by atoms with Gasteiger partial charge in [-0.05, 0) is 6.92 Å². The molecule has 0 aliphatic carbocycles. The summed E-state index contributed by atoms with van der Waals surface area (Å²) < 4.78 is 36.7. The Bertz CT molecular complexity index is 425. The number of allylic oxidation sites excluding steroid dienone is 2. The summed E-state index contributed by atoms with van der Waals surface area (Å²) in [6.45, 7) is 1.49. The highest BCUT2D eigenvalue weighted by molar-refractivity contribution is 5.79. The van der Waals surface area contributed by atoms with Gasteiger partial charge in [0.15, 0.2) is 5.70 Å². The summed E-state index contributed by atoms with van der Waals surface area (Å²) in [6, 6.07) is -0.774. The van der Waals surface area contributed by atoms with Crippen LogP contribution in [0.1, 0.15) is 13.3 Å². The number of nitrogens with zero attached hydrogens (tertiary/aromatic N) is 1. The lowest BCUT2D eigenvalue weighted by molar-refractivity contribution is -0.810. The molecule has 0 rings (SSSR count). The first-order valence-corrected chi connectivity index (χ1v) is 5.88. The summed E-state index contributed by atoms with van der Waals surface area (Å²) in [4.78, 5) is 15.8. The Morgan fingerprint density at radius 1 is 1.40 bits per heavy atom. The first-order valence-electron chi connectivity index (χ1n) is 5.88. The molecule has 0 aliphatic rings. The van der Waals surface area contributed by atoms with Crippen molar-refractivity contribution in [2.45, 2.75) is 25.6 Å². The molecule has 114 valence electrons. The Labute approximate surface area is 115 Å². The number of alkyl halides is 3. The summed E-state index contributed by atoms with van der Waals surface area (Å²) in [5, 5.41) is 0. The average molecular weight is 293 g/mol. The van der Waals surface area contributed by atoms with Gasteiger partial charge in [-0.1, -0.05) is 0 Å². The van der Waals surface area contributed by atoms with Crippen molar-refractivity contribution in [2.75, 3.05) is 14.1 Å². The standard InChI is InChI=1S/C12H19F3N4O/c1-8(18-6-9(5-16)19(2)3)10(7-20)11(17)4-12(13,14)15/h5-8H,4,16-17H2,1-3H3/p+1/b9-5+,11-10+,18-6?.